The van der Waals surface area contributed by atoms with Crippen LogP contribution >= 0.6 is 0 Å². The van der Waals surface area contributed by atoms with Gasteiger partial charge in [0.15, 0.2) is 12.6 Å². The number of hydrogen-bond acceptors (Lipinski definition) is 13. The van der Waals surface area contributed by atoms with Crippen molar-refractivity contribution in [3.05, 3.63) is 72.9 Å². The number of amides is 1. The molecule has 0 aromatic heterocycles. The molecule has 0 saturated carbocycles. The van der Waals surface area contributed by atoms with Crippen LogP contribution in [0.2, 0.25) is 0 Å². The van der Waals surface area contributed by atoms with Gasteiger partial charge in [0.2, 0.25) is 5.91 Å². The van der Waals surface area contributed by atoms with Crippen molar-refractivity contribution in [2.75, 3.05) is 19.8 Å². The Morgan fingerprint density at radius 3 is 1.43 bits per heavy atom. The molecule has 0 aromatic carbocycles. The van der Waals surface area contributed by atoms with Gasteiger partial charge >= 0.3 is 0 Å². The van der Waals surface area contributed by atoms with Crippen molar-refractivity contribution in [1.82, 2.24) is 5.32 Å². The van der Waals surface area contributed by atoms with Crippen molar-refractivity contribution in [1.29, 1.82) is 0 Å². The summed E-state index contributed by atoms with van der Waals surface area (Å²) in [5.41, 5.74) is 0. The third-order valence-electron chi connectivity index (χ3n) is 14.6. The maximum absolute atomic E-state index is 13.2. The highest BCUT2D eigenvalue weighted by Gasteiger charge is 2.51. The Labute approximate surface area is 466 Å². The van der Waals surface area contributed by atoms with Crippen LogP contribution in [0.4, 0.5) is 0 Å². The van der Waals surface area contributed by atoms with Gasteiger partial charge in [0, 0.05) is 6.42 Å². The lowest BCUT2D eigenvalue weighted by Crippen LogP contribution is -2.65. The van der Waals surface area contributed by atoms with Crippen LogP contribution in [0.3, 0.4) is 0 Å². The number of aliphatic hydroxyl groups is 8. The maximum Gasteiger partial charge on any atom is 0.220 e. The van der Waals surface area contributed by atoms with Crippen molar-refractivity contribution >= 4 is 5.91 Å². The second-order valence-corrected chi connectivity index (χ2v) is 21.4. The molecule has 12 atom stereocenters. The van der Waals surface area contributed by atoms with E-state index in [-0.39, 0.29) is 18.9 Å². The largest absolute Gasteiger partial charge is 0.394 e. The van der Waals surface area contributed by atoms with Crippen LogP contribution in [0.15, 0.2) is 72.9 Å². The molecule has 2 rings (SSSR count). The van der Waals surface area contributed by atoms with Gasteiger partial charge in [0.1, 0.15) is 48.8 Å². The zero-order valence-corrected chi connectivity index (χ0v) is 47.9. The van der Waals surface area contributed by atoms with Gasteiger partial charge in [-0.25, -0.2) is 0 Å². The van der Waals surface area contributed by atoms with E-state index >= 15 is 0 Å². The number of rotatable bonds is 48. The lowest BCUT2D eigenvalue weighted by Gasteiger charge is -2.46. The summed E-state index contributed by atoms with van der Waals surface area (Å²) in [5.74, 6) is -0.265. The minimum absolute atomic E-state index is 0.255. The molecule has 14 heteroatoms. The van der Waals surface area contributed by atoms with E-state index in [1.165, 1.54) is 109 Å². The minimum Gasteiger partial charge on any atom is -0.394 e. The van der Waals surface area contributed by atoms with E-state index in [1.54, 1.807) is 6.08 Å². The average molecular weight is 1090 g/mol. The van der Waals surface area contributed by atoms with E-state index in [1.807, 2.05) is 6.08 Å². The van der Waals surface area contributed by atoms with Crippen LogP contribution in [0.1, 0.15) is 226 Å². The summed E-state index contributed by atoms with van der Waals surface area (Å²) in [7, 11) is 0. The Morgan fingerprint density at radius 1 is 0.481 bits per heavy atom. The number of unbranched alkanes of at least 4 members (excludes halogenated alkanes) is 25. The molecule has 12 unspecified atom stereocenters. The Morgan fingerprint density at radius 2 is 0.909 bits per heavy atom. The van der Waals surface area contributed by atoms with Gasteiger partial charge in [0.05, 0.1) is 32.0 Å². The smallest absolute Gasteiger partial charge is 0.220 e. The average Bonchev–Trinajstić information content (AvgIpc) is 3.44. The lowest BCUT2D eigenvalue weighted by atomic mass is 9.97. The van der Waals surface area contributed by atoms with Crippen LogP contribution in [0.5, 0.6) is 0 Å². The van der Waals surface area contributed by atoms with Gasteiger partial charge in [-0.15, -0.1) is 0 Å². The topological polar surface area (TPSA) is 228 Å². The van der Waals surface area contributed by atoms with E-state index < -0.39 is 86.8 Å². The summed E-state index contributed by atoms with van der Waals surface area (Å²) in [6, 6.07) is -0.947. The number of hydrogen-bond donors (Lipinski definition) is 9. The monoisotopic (exact) mass is 1090 g/mol. The summed E-state index contributed by atoms with van der Waals surface area (Å²) in [6.45, 7) is 2.66. The molecule has 0 spiro atoms. The fourth-order valence-electron chi connectivity index (χ4n) is 9.69. The molecule has 1 amide bonds. The highest BCUT2D eigenvalue weighted by Crippen LogP contribution is 2.30. The third-order valence-corrected chi connectivity index (χ3v) is 14.6. The predicted molar refractivity (Wildman–Crippen MR) is 309 cm³/mol. The van der Waals surface area contributed by atoms with Gasteiger partial charge in [0.25, 0.3) is 0 Å². The van der Waals surface area contributed by atoms with E-state index in [0.717, 1.165) is 83.5 Å². The van der Waals surface area contributed by atoms with Gasteiger partial charge in [-0.1, -0.05) is 215 Å². The molecular formula is C63H111NO13. The number of carbonyl (C=O) groups excluding carboxylic acids is 1. The molecule has 0 radical (unpaired) electrons. The predicted octanol–water partition coefficient (Wildman–Crippen LogP) is 10.7. The van der Waals surface area contributed by atoms with Crippen LogP contribution in [-0.2, 0) is 23.7 Å². The van der Waals surface area contributed by atoms with E-state index in [4.69, 9.17) is 18.9 Å². The van der Waals surface area contributed by atoms with E-state index in [0.29, 0.717) is 12.8 Å². The van der Waals surface area contributed by atoms with Gasteiger partial charge in [-0.2, -0.15) is 0 Å². The van der Waals surface area contributed by atoms with Crippen molar-refractivity contribution in [2.45, 2.75) is 299 Å². The molecule has 2 fully saturated rings. The second kappa shape index (κ2) is 48.2. The molecule has 446 valence electrons. The maximum atomic E-state index is 13.2. The first-order chi connectivity index (χ1) is 37.6. The first kappa shape index (κ1) is 70.5. The highest BCUT2D eigenvalue weighted by molar-refractivity contribution is 5.76. The van der Waals surface area contributed by atoms with Crippen molar-refractivity contribution < 1.29 is 64.6 Å². The van der Waals surface area contributed by atoms with Crippen LogP contribution in [0.25, 0.3) is 0 Å². The van der Waals surface area contributed by atoms with Crippen LogP contribution in [-0.4, -0.2) is 140 Å². The summed E-state index contributed by atoms with van der Waals surface area (Å²) >= 11 is 0. The normalized spacial score (nSPS) is 25.2. The second-order valence-electron chi connectivity index (χ2n) is 21.4. The van der Waals surface area contributed by atoms with Crippen LogP contribution in [0, 0.1) is 0 Å². The van der Waals surface area contributed by atoms with Crippen LogP contribution < -0.4 is 5.32 Å². The number of ether oxygens (including phenoxy) is 4. The Hall–Kier alpha value is -2.57. The number of nitrogens with one attached hydrogen (secondary N) is 1. The molecule has 2 heterocycles. The van der Waals surface area contributed by atoms with E-state index in [2.05, 4.69) is 79.9 Å². The molecule has 14 nitrogen and oxygen atoms in total. The number of carbonyl (C=O) groups is 1. The Kier molecular flexibility index (Phi) is 44.1. The summed E-state index contributed by atoms with van der Waals surface area (Å²) in [6.07, 6.45) is 46.6. The highest BCUT2D eigenvalue weighted by atomic mass is 16.7. The zero-order chi connectivity index (χ0) is 56.0. The standard InChI is InChI=1S/C63H111NO13/c1-3-5-7-9-11-13-15-17-19-21-22-23-24-25-26-27-28-29-31-32-34-36-38-40-42-44-46-52(67)51(64-55(68)47-45-43-41-39-37-35-33-30-20-18-16-14-12-10-8-6-4-2)50-74-62-60(73)58(71)61(54(49-66)76-62)77-63-59(72)57(70)56(69)53(48-65)75-63/h6,8,12,14,18,20,29,31,36,38,44,46,51-54,56-63,65-67,69-73H,3-5,7,9-11,13,15-17,19,21-28,30,32-35,37,39-43,45,47-50H2,1-2H3,(H,64,68)/b8-6-,14-12-,20-18-,31-29+,38-36+,46-44+. The van der Waals surface area contributed by atoms with E-state index in [9.17, 15) is 45.6 Å². The quantitative estimate of drug-likeness (QED) is 0.0204. The number of aliphatic hydroxyl groups excluding tert-OH is 8. The molecule has 2 aliphatic heterocycles. The Balaban J connectivity index is 1.77. The third kappa shape index (κ3) is 33.7. The molecule has 2 saturated heterocycles. The summed E-state index contributed by atoms with van der Waals surface area (Å²) in [4.78, 5) is 13.2. The molecule has 0 bridgehead atoms. The fourth-order valence-corrected chi connectivity index (χ4v) is 9.69. The molecule has 9 N–H and O–H groups in total. The minimum atomic E-state index is -1.80. The van der Waals surface area contributed by atoms with Gasteiger partial charge in [-0.3, -0.25) is 4.79 Å². The number of allylic oxidation sites excluding steroid dienone is 11. The first-order valence-electron chi connectivity index (χ1n) is 30.7. The summed E-state index contributed by atoms with van der Waals surface area (Å²) in [5, 5.41) is 87.1. The molecular weight excluding hydrogens is 979 g/mol. The SMILES string of the molecule is CC/C=C\C/C=C\C/C=C\CCCCCCCCCC(=O)NC(COC1OC(CO)C(OC2OC(CO)C(O)C(O)C2O)C(O)C1O)C(O)/C=C/CC/C=C/CC/C=C/CCCCCCCCCCCCCCCCCC. The van der Waals surface area contributed by atoms with Crippen molar-refractivity contribution in [3.63, 3.8) is 0 Å². The van der Waals surface area contributed by atoms with Gasteiger partial charge < -0.3 is 65.1 Å². The van der Waals surface area contributed by atoms with Gasteiger partial charge in [-0.05, 0) is 77.0 Å². The van der Waals surface area contributed by atoms with Crippen molar-refractivity contribution in [3.8, 4) is 0 Å². The molecule has 0 aliphatic carbocycles. The first-order valence-corrected chi connectivity index (χ1v) is 30.7. The summed E-state index contributed by atoms with van der Waals surface area (Å²) < 4.78 is 22.8. The Bertz CT molecular complexity index is 1570. The lowest BCUT2D eigenvalue weighted by molar-refractivity contribution is -0.359. The fraction of sp³-hybridized carbons (Fsp3) is 0.794. The van der Waals surface area contributed by atoms with Crippen molar-refractivity contribution in [2.24, 2.45) is 0 Å². The molecule has 0 aromatic rings. The molecule has 2 aliphatic rings. The zero-order valence-electron chi connectivity index (χ0n) is 47.9. The molecule has 77 heavy (non-hydrogen) atoms.